The molecule has 140 valence electrons. The molecule has 0 spiro atoms. The number of nitrogens with one attached hydrogen (secondary N) is 1. The number of aromatic nitrogens is 3. The molecule has 0 aliphatic rings. The number of pyridine rings is 1. The second-order valence-corrected chi connectivity index (χ2v) is 6.46. The predicted octanol–water partition coefficient (Wildman–Crippen LogP) is 4.78. The maximum Gasteiger partial charge on any atom is 0.162 e. The average Bonchev–Trinajstić information content (AvgIpc) is 2.71. The number of hydrogen-bond acceptors (Lipinski definition) is 5. The molecule has 0 aliphatic carbocycles. The summed E-state index contributed by atoms with van der Waals surface area (Å²) < 4.78 is 26.8. The van der Waals surface area contributed by atoms with E-state index in [0.29, 0.717) is 17.3 Å². The Hall–Kier alpha value is -3.61. The molecule has 0 saturated carbocycles. The summed E-state index contributed by atoms with van der Waals surface area (Å²) >= 11 is 0. The summed E-state index contributed by atoms with van der Waals surface area (Å²) in [5, 5.41) is 3.85. The lowest BCUT2D eigenvalue weighted by Crippen LogP contribution is -2.10. The van der Waals surface area contributed by atoms with E-state index in [2.05, 4.69) is 20.3 Å². The van der Waals surface area contributed by atoms with Gasteiger partial charge in [0.2, 0.25) is 0 Å². The van der Waals surface area contributed by atoms with Crippen molar-refractivity contribution in [3.63, 3.8) is 0 Å². The third-order valence-corrected chi connectivity index (χ3v) is 4.25. The Kier molecular flexibility index (Phi) is 4.57. The van der Waals surface area contributed by atoms with Crippen LogP contribution in [0.25, 0.3) is 22.3 Å². The van der Waals surface area contributed by atoms with E-state index in [9.17, 15) is 8.78 Å². The van der Waals surface area contributed by atoms with Gasteiger partial charge in [0.25, 0.3) is 0 Å². The Balaban J connectivity index is 1.83. The molecular formula is C21H17F2N5. The average molecular weight is 377 g/mol. The van der Waals surface area contributed by atoms with Gasteiger partial charge in [-0.1, -0.05) is 12.1 Å². The van der Waals surface area contributed by atoms with Crippen LogP contribution >= 0.6 is 0 Å². The summed E-state index contributed by atoms with van der Waals surface area (Å²) in [7, 11) is 3.81. The van der Waals surface area contributed by atoms with Gasteiger partial charge in [-0.15, -0.1) is 0 Å². The predicted molar refractivity (Wildman–Crippen MR) is 107 cm³/mol. The first-order valence-corrected chi connectivity index (χ1v) is 8.64. The van der Waals surface area contributed by atoms with E-state index in [-0.39, 0.29) is 0 Å². The number of hydrogen-bond donors (Lipinski definition) is 1. The van der Waals surface area contributed by atoms with E-state index in [1.54, 1.807) is 6.20 Å². The summed E-state index contributed by atoms with van der Waals surface area (Å²) in [6.07, 6.45) is 1.70. The highest BCUT2D eigenvalue weighted by Crippen LogP contribution is 2.28. The standard InChI is InChI=1S/C21H17F2N5/c1-28(2)19-11-13(9-10-24-19)20-26-18-6-4-3-5-15(18)21(27-20)25-14-7-8-16(22)17(23)12-14/h3-12H,1-2H3,(H,25,26,27). The van der Waals surface area contributed by atoms with Crippen molar-refractivity contribution in [2.24, 2.45) is 0 Å². The zero-order chi connectivity index (χ0) is 19.7. The van der Waals surface area contributed by atoms with Crippen molar-refractivity contribution in [3.05, 3.63) is 72.4 Å². The van der Waals surface area contributed by atoms with Crippen molar-refractivity contribution < 1.29 is 8.78 Å². The molecule has 2 heterocycles. The van der Waals surface area contributed by atoms with Gasteiger partial charge in [-0.05, 0) is 36.4 Å². The Morgan fingerprint density at radius 3 is 2.50 bits per heavy atom. The van der Waals surface area contributed by atoms with E-state index in [0.717, 1.165) is 34.4 Å². The Morgan fingerprint density at radius 1 is 0.893 bits per heavy atom. The van der Waals surface area contributed by atoms with E-state index in [4.69, 9.17) is 0 Å². The normalized spacial score (nSPS) is 10.9. The largest absolute Gasteiger partial charge is 0.363 e. The zero-order valence-corrected chi connectivity index (χ0v) is 15.3. The van der Waals surface area contributed by atoms with Gasteiger partial charge in [-0.25, -0.2) is 23.7 Å². The van der Waals surface area contributed by atoms with Crippen LogP contribution in [0.2, 0.25) is 0 Å². The van der Waals surface area contributed by atoms with Crippen molar-refractivity contribution in [1.82, 2.24) is 15.0 Å². The highest BCUT2D eigenvalue weighted by atomic mass is 19.2. The van der Waals surface area contributed by atoms with Crippen LogP contribution in [-0.2, 0) is 0 Å². The van der Waals surface area contributed by atoms with Crippen LogP contribution < -0.4 is 10.2 Å². The minimum absolute atomic E-state index is 0.400. The molecule has 2 aromatic heterocycles. The van der Waals surface area contributed by atoms with Crippen molar-refractivity contribution in [2.75, 3.05) is 24.3 Å². The summed E-state index contributed by atoms with van der Waals surface area (Å²) in [5.74, 6) is -0.0198. The second-order valence-electron chi connectivity index (χ2n) is 6.46. The van der Waals surface area contributed by atoms with Gasteiger partial charge in [0.15, 0.2) is 17.5 Å². The van der Waals surface area contributed by atoms with Crippen molar-refractivity contribution in [2.45, 2.75) is 0 Å². The number of para-hydroxylation sites is 1. The minimum atomic E-state index is -0.923. The Bertz CT molecular complexity index is 1160. The highest BCUT2D eigenvalue weighted by Gasteiger charge is 2.12. The van der Waals surface area contributed by atoms with Crippen molar-refractivity contribution in [1.29, 1.82) is 0 Å². The van der Waals surface area contributed by atoms with Crippen LogP contribution in [0.3, 0.4) is 0 Å². The van der Waals surface area contributed by atoms with E-state index < -0.39 is 11.6 Å². The van der Waals surface area contributed by atoms with E-state index in [1.807, 2.05) is 55.4 Å². The monoisotopic (exact) mass is 377 g/mol. The molecule has 0 saturated heterocycles. The smallest absolute Gasteiger partial charge is 0.162 e. The van der Waals surface area contributed by atoms with Gasteiger partial charge >= 0.3 is 0 Å². The fraction of sp³-hybridized carbons (Fsp3) is 0.0952. The number of halogens is 2. The van der Waals surface area contributed by atoms with Crippen molar-refractivity contribution >= 4 is 28.2 Å². The molecule has 0 unspecified atom stereocenters. The molecule has 0 atom stereocenters. The maximum atomic E-state index is 13.6. The SMILES string of the molecule is CN(C)c1cc(-c2nc(Nc3ccc(F)c(F)c3)c3ccccc3n2)ccn1. The minimum Gasteiger partial charge on any atom is -0.363 e. The molecule has 0 fully saturated rings. The lowest BCUT2D eigenvalue weighted by atomic mass is 10.2. The lowest BCUT2D eigenvalue weighted by molar-refractivity contribution is 0.509. The fourth-order valence-corrected chi connectivity index (χ4v) is 2.81. The van der Waals surface area contributed by atoms with Crippen LogP contribution in [0.5, 0.6) is 0 Å². The lowest BCUT2D eigenvalue weighted by Gasteiger charge is -2.13. The van der Waals surface area contributed by atoms with Crippen LogP contribution in [0, 0.1) is 11.6 Å². The molecule has 0 amide bonds. The van der Waals surface area contributed by atoms with Crippen LogP contribution in [0.4, 0.5) is 26.1 Å². The molecule has 4 rings (SSSR count). The topological polar surface area (TPSA) is 53.9 Å². The zero-order valence-electron chi connectivity index (χ0n) is 15.3. The summed E-state index contributed by atoms with van der Waals surface area (Å²) in [5.41, 5.74) is 1.94. The third kappa shape index (κ3) is 3.46. The molecule has 0 aliphatic heterocycles. The number of fused-ring (bicyclic) bond motifs is 1. The van der Waals surface area contributed by atoms with Crippen LogP contribution in [0.1, 0.15) is 0 Å². The maximum absolute atomic E-state index is 13.6. The molecule has 4 aromatic rings. The van der Waals surface area contributed by atoms with Gasteiger partial charge in [0.1, 0.15) is 11.6 Å². The molecule has 7 heteroatoms. The first kappa shape index (κ1) is 17.8. The Labute approximate surface area is 160 Å². The van der Waals surface area contributed by atoms with Gasteiger partial charge in [-0.2, -0.15) is 0 Å². The van der Waals surface area contributed by atoms with E-state index >= 15 is 0 Å². The molecule has 1 N–H and O–H groups in total. The first-order chi connectivity index (χ1) is 13.5. The number of nitrogens with zero attached hydrogens (tertiary/aromatic N) is 4. The van der Waals surface area contributed by atoms with Gasteiger partial charge in [0.05, 0.1) is 5.52 Å². The van der Waals surface area contributed by atoms with Crippen LogP contribution in [0.15, 0.2) is 60.8 Å². The molecular weight excluding hydrogens is 360 g/mol. The number of rotatable bonds is 4. The second kappa shape index (κ2) is 7.19. The molecule has 28 heavy (non-hydrogen) atoms. The first-order valence-electron chi connectivity index (χ1n) is 8.64. The molecule has 0 bridgehead atoms. The summed E-state index contributed by atoms with van der Waals surface area (Å²) in [4.78, 5) is 15.5. The van der Waals surface area contributed by atoms with Crippen LogP contribution in [-0.4, -0.2) is 29.0 Å². The fourth-order valence-electron chi connectivity index (χ4n) is 2.81. The third-order valence-electron chi connectivity index (χ3n) is 4.25. The van der Waals surface area contributed by atoms with Gasteiger partial charge in [0, 0.05) is 43.0 Å². The number of anilines is 3. The number of benzene rings is 2. The summed E-state index contributed by atoms with van der Waals surface area (Å²) in [6, 6.07) is 14.9. The Morgan fingerprint density at radius 2 is 1.71 bits per heavy atom. The summed E-state index contributed by atoms with van der Waals surface area (Å²) in [6.45, 7) is 0. The quantitative estimate of drug-likeness (QED) is 0.555. The van der Waals surface area contributed by atoms with Gasteiger partial charge in [-0.3, -0.25) is 0 Å². The van der Waals surface area contributed by atoms with Gasteiger partial charge < -0.3 is 10.2 Å². The highest BCUT2D eigenvalue weighted by molar-refractivity contribution is 5.92. The van der Waals surface area contributed by atoms with E-state index in [1.165, 1.54) is 6.07 Å². The molecule has 0 radical (unpaired) electrons. The molecule has 2 aromatic carbocycles. The van der Waals surface area contributed by atoms with Crippen molar-refractivity contribution in [3.8, 4) is 11.4 Å². The molecule has 5 nitrogen and oxygen atoms in total.